The summed E-state index contributed by atoms with van der Waals surface area (Å²) in [6.07, 6.45) is 5.05. The topological polar surface area (TPSA) is 96.7 Å². The number of anilines is 1. The molecule has 0 aliphatic carbocycles. The van der Waals surface area contributed by atoms with Crippen LogP contribution in [0.2, 0.25) is 0 Å². The van der Waals surface area contributed by atoms with E-state index < -0.39 is 5.60 Å². The lowest BCUT2D eigenvalue weighted by atomic mass is 10.00. The van der Waals surface area contributed by atoms with Gasteiger partial charge in [0.1, 0.15) is 5.60 Å². The van der Waals surface area contributed by atoms with Crippen LogP contribution in [0.1, 0.15) is 52.1 Å². The number of hydrogen-bond donors (Lipinski definition) is 2. The van der Waals surface area contributed by atoms with Gasteiger partial charge in [0.25, 0.3) is 5.56 Å². The number of piperidine rings is 1. The minimum Gasteiger partial charge on any atom is -0.444 e. The average molecular weight is 380 g/mol. The monoisotopic (exact) mass is 380 g/mol. The number of aromatic nitrogens is 2. The lowest BCUT2D eigenvalue weighted by Crippen LogP contribution is -2.46. The maximum atomic E-state index is 12.5. The van der Waals surface area contributed by atoms with Gasteiger partial charge in [-0.2, -0.15) is 0 Å². The average Bonchev–Trinajstić information content (AvgIpc) is 2.59. The molecule has 1 aromatic heterocycles. The van der Waals surface area contributed by atoms with E-state index in [0.29, 0.717) is 25.2 Å². The summed E-state index contributed by atoms with van der Waals surface area (Å²) in [6, 6.07) is 0.0891. The quantitative estimate of drug-likeness (QED) is 0.785. The summed E-state index contributed by atoms with van der Waals surface area (Å²) in [5.74, 6) is 0.272. The number of carbonyl (C=O) groups is 1. The molecule has 1 aliphatic rings. The SMILES string of the molecule is Cc1cnc(NCCC2CCCCN2C(=O)OC(C)(C)C)c(=O)n1CCO. The van der Waals surface area contributed by atoms with Gasteiger partial charge in [0.2, 0.25) is 0 Å². The van der Waals surface area contributed by atoms with Crippen LogP contribution in [-0.4, -0.2) is 57.0 Å². The first kappa shape index (κ1) is 21.2. The van der Waals surface area contributed by atoms with Crippen LogP contribution in [-0.2, 0) is 11.3 Å². The third-order valence-electron chi connectivity index (χ3n) is 4.60. The standard InChI is InChI=1S/C19H32N4O4/c1-14-13-21-16(17(25)22(14)11-12-24)20-9-8-15-7-5-6-10-23(15)18(26)27-19(2,3)4/h13,15,24H,5-12H2,1-4H3,(H,20,21). The molecule has 152 valence electrons. The molecule has 1 aromatic rings. The van der Waals surface area contributed by atoms with Crippen molar-refractivity contribution in [2.75, 3.05) is 25.0 Å². The number of aliphatic hydroxyl groups excluding tert-OH is 1. The molecule has 0 bridgehead atoms. The predicted molar refractivity (Wildman–Crippen MR) is 104 cm³/mol. The van der Waals surface area contributed by atoms with Crippen molar-refractivity contribution in [1.82, 2.24) is 14.5 Å². The minimum atomic E-state index is -0.513. The zero-order valence-corrected chi connectivity index (χ0v) is 16.8. The van der Waals surface area contributed by atoms with Crippen molar-refractivity contribution in [3.05, 3.63) is 22.2 Å². The summed E-state index contributed by atoms with van der Waals surface area (Å²) in [7, 11) is 0. The van der Waals surface area contributed by atoms with E-state index in [1.807, 2.05) is 25.7 Å². The number of carbonyl (C=O) groups excluding carboxylic acids is 1. The Bertz CT molecular complexity index is 696. The van der Waals surface area contributed by atoms with E-state index in [9.17, 15) is 9.59 Å². The number of aliphatic hydroxyl groups is 1. The summed E-state index contributed by atoms with van der Waals surface area (Å²) < 4.78 is 7.03. The van der Waals surface area contributed by atoms with Gasteiger partial charge in [0.05, 0.1) is 6.61 Å². The van der Waals surface area contributed by atoms with E-state index in [1.165, 1.54) is 4.57 Å². The second kappa shape index (κ2) is 9.21. The Labute approximate surface area is 160 Å². The zero-order chi connectivity index (χ0) is 20.0. The van der Waals surface area contributed by atoms with Crippen molar-refractivity contribution in [3.8, 4) is 0 Å². The highest BCUT2D eigenvalue weighted by Crippen LogP contribution is 2.22. The van der Waals surface area contributed by atoms with Gasteiger partial charge in [0, 0.05) is 37.6 Å². The minimum absolute atomic E-state index is 0.0891. The number of amides is 1. The molecular weight excluding hydrogens is 348 g/mol. The first-order chi connectivity index (χ1) is 12.7. The third kappa shape index (κ3) is 5.95. The zero-order valence-electron chi connectivity index (χ0n) is 16.8. The molecule has 2 N–H and O–H groups in total. The number of rotatable bonds is 6. The van der Waals surface area contributed by atoms with Crippen LogP contribution in [0.3, 0.4) is 0 Å². The van der Waals surface area contributed by atoms with Gasteiger partial charge in [0.15, 0.2) is 5.82 Å². The van der Waals surface area contributed by atoms with Gasteiger partial charge in [-0.25, -0.2) is 9.78 Å². The first-order valence-electron chi connectivity index (χ1n) is 9.63. The molecule has 1 amide bonds. The fraction of sp³-hybridized carbons (Fsp3) is 0.737. The molecule has 1 fully saturated rings. The predicted octanol–water partition coefficient (Wildman–Crippen LogP) is 2.14. The van der Waals surface area contributed by atoms with Crippen molar-refractivity contribution < 1.29 is 14.6 Å². The Morgan fingerprint density at radius 1 is 1.41 bits per heavy atom. The summed E-state index contributed by atoms with van der Waals surface area (Å²) in [4.78, 5) is 30.9. The van der Waals surface area contributed by atoms with Crippen molar-refractivity contribution in [2.24, 2.45) is 0 Å². The summed E-state index contributed by atoms with van der Waals surface area (Å²) in [6.45, 7) is 8.77. The van der Waals surface area contributed by atoms with Crippen LogP contribution < -0.4 is 10.9 Å². The summed E-state index contributed by atoms with van der Waals surface area (Å²) >= 11 is 0. The maximum Gasteiger partial charge on any atom is 0.410 e. The molecule has 27 heavy (non-hydrogen) atoms. The van der Waals surface area contributed by atoms with Crippen molar-refractivity contribution >= 4 is 11.9 Å². The smallest absolute Gasteiger partial charge is 0.410 e. The molecule has 0 saturated carbocycles. The number of hydrogen-bond acceptors (Lipinski definition) is 6. The van der Waals surface area contributed by atoms with Gasteiger partial charge in [-0.05, 0) is 53.4 Å². The Balaban J connectivity index is 1.98. The highest BCUT2D eigenvalue weighted by Gasteiger charge is 2.30. The molecule has 1 saturated heterocycles. The van der Waals surface area contributed by atoms with Crippen molar-refractivity contribution in [1.29, 1.82) is 0 Å². The molecule has 0 aromatic carbocycles. The number of likely N-dealkylation sites (tertiary alicyclic amines) is 1. The van der Waals surface area contributed by atoms with Crippen LogP contribution in [0.4, 0.5) is 10.6 Å². The molecule has 2 rings (SSSR count). The number of nitrogens with one attached hydrogen (secondary N) is 1. The molecule has 1 atom stereocenters. The van der Waals surface area contributed by atoms with Gasteiger partial charge in [-0.1, -0.05) is 0 Å². The van der Waals surface area contributed by atoms with Crippen LogP contribution in [0, 0.1) is 6.92 Å². The van der Waals surface area contributed by atoms with E-state index in [4.69, 9.17) is 9.84 Å². The highest BCUT2D eigenvalue weighted by molar-refractivity contribution is 5.68. The van der Waals surface area contributed by atoms with Crippen LogP contribution in [0.15, 0.2) is 11.0 Å². The van der Waals surface area contributed by atoms with Gasteiger partial charge >= 0.3 is 6.09 Å². The Morgan fingerprint density at radius 3 is 2.81 bits per heavy atom. The Hall–Kier alpha value is -2.09. The third-order valence-corrected chi connectivity index (χ3v) is 4.60. The molecule has 0 radical (unpaired) electrons. The van der Waals surface area contributed by atoms with Crippen LogP contribution in [0.5, 0.6) is 0 Å². The van der Waals surface area contributed by atoms with E-state index in [2.05, 4.69) is 10.3 Å². The molecule has 1 unspecified atom stereocenters. The normalized spacial score (nSPS) is 17.7. The van der Waals surface area contributed by atoms with Crippen molar-refractivity contribution in [2.45, 2.75) is 71.6 Å². The van der Waals surface area contributed by atoms with Gasteiger partial charge in [-0.15, -0.1) is 0 Å². The molecule has 2 heterocycles. The second-order valence-electron chi connectivity index (χ2n) is 7.97. The molecule has 8 nitrogen and oxygen atoms in total. The summed E-state index contributed by atoms with van der Waals surface area (Å²) in [5.41, 5.74) is -0.0410. The largest absolute Gasteiger partial charge is 0.444 e. The van der Waals surface area contributed by atoms with Crippen LogP contribution >= 0.6 is 0 Å². The van der Waals surface area contributed by atoms with E-state index in [0.717, 1.165) is 19.3 Å². The molecule has 0 spiro atoms. The number of ether oxygens (including phenoxy) is 1. The fourth-order valence-electron chi connectivity index (χ4n) is 3.29. The number of nitrogens with zero attached hydrogens (tertiary/aromatic N) is 3. The van der Waals surface area contributed by atoms with Crippen LogP contribution in [0.25, 0.3) is 0 Å². The van der Waals surface area contributed by atoms with E-state index in [1.54, 1.807) is 13.1 Å². The van der Waals surface area contributed by atoms with Gasteiger partial charge in [-0.3, -0.25) is 4.79 Å². The van der Waals surface area contributed by atoms with Gasteiger partial charge < -0.3 is 24.6 Å². The van der Waals surface area contributed by atoms with E-state index >= 15 is 0 Å². The molecule has 8 heteroatoms. The molecule has 1 aliphatic heterocycles. The lowest BCUT2D eigenvalue weighted by Gasteiger charge is -2.36. The Morgan fingerprint density at radius 2 is 2.15 bits per heavy atom. The summed E-state index contributed by atoms with van der Waals surface area (Å²) in [5, 5.41) is 12.2. The fourth-order valence-corrected chi connectivity index (χ4v) is 3.29. The van der Waals surface area contributed by atoms with Crippen molar-refractivity contribution in [3.63, 3.8) is 0 Å². The second-order valence-corrected chi connectivity index (χ2v) is 7.97. The first-order valence-corrected chi connectivity index (χ1v) is 9.63. The number of aryl methyl sites for hydroxylation is 1. The maximum absolute atomic E-state index is 12.5. The Kier molecular flexibility index (Phi) is 7.24. The molecular formula is C19H32N4O4. The highest BCUT2D eigenvalue weighted by atomic mass is 16.6. The van der Waals surface area contributed by atoms with E-state index in [-0.39, 0.29) is 36.7 Å². The lowest BCUT2D eigenvalue weighted by molar-refractivity contribution is 0.00929.